The lowest BCUT2D eigenvalue weighted by molar-refractivity contribution is 0.413. The molecule has 0 atom stereocenters. The van der Waals surface area contributed by atoms with Crippen molar-refractivity contribution in [2.24, 2.45) is 0 Å². The maximum atomic E-state index is 6.19. The first-order chi connectivity index (χ1) is 13.2. The van der Waals surface area contributed by atoms with Crippen LogP contribution in [-0.2, 0) is 11.5 Å². The van der Waals surface area contributed by atoms with Crippen LogP contribution in [0.15, 0.2) is 69.6 Å². The largest absolute Gasteiger partial charge is 0.455 e. The molecule has 0 aliphatic rings. The molecule has 0 amide bonds. The van der Waals surface area contributed by atoms with E-state index < -0.39 is 0 Å². The Labute approximate surface area is 166 Å². The number of benzene rings is 2. The molecule has 0 aliphatic heterocycles. The molecule has 136 valence electrons. The van der Waals surface area contributed by atoms with Gasteiger partial charge in [0.2, 0.25) is 5.82 Å². The predicted molar refractivity (Wildman–Crippen MR) is 109 cm³/mol. The molecule has 6 heteroatoms. The molecule has 0 fully saturated rings. The number of aryl methyl sites for hydroxylation is 1. The minimum atomic E-state index is 0.383. The number of rotatable bonds is 6. The monoisotopic (exact) mass is 396 g/mol. The molecule has 4 rings (SSSR count). The average Bonchev–Trinajstić information content (AvgIpc) is 3.33. The molecule has 2 heterocycles. The van der Waals surface area contributed by atoms with E-state index in [1.807, 2.05) is 67.6 Å². The SMILES string of the molecule is Cc1cccc(-c2noc(-c3ccc(CSCc4ccccc4Cl)o3)n2)c1. The Balaban J connectivity index is 1.41. The van der Waals surface area contributed by atoms with Crippen LogP contribution in [0.25, 0.3) is 23.0 Å². The van der Waals surface area contributed by atoms with Crippen LogP contribution in [0.5, 0.6) is 0 Å². The minimum absolute atomic E-state index is 0.383. The van der Waals surface area contributed by atoms with E-state index in [-0.39, 0.29) is 0 Å². The lowest BCUT2D eigenvalue weighted by atomic mass is 10.1. The third-order valence-corrected chi connectivity index (χ3v) is 5.41. The zero-order valence-corrected chi connectivity index (χ0v) is 16.3. The van der Waals surface area contributed by atoms with Gasteiger partial charge in [0.1, 0.15) is 5.76 Å². The first-order valence-electron chi connectivity index (χ1n) is 8.50. The Morgan fingerprint density at radius 3 is 2.74 bits per heavy atom. The van der Waals surface area contributed by atoms with E-state index in [1.54, 1.807) is 11.8 Å². The zero-order chi connectivity index (χ0) is 18.6. The highest BCUT2D eigenvalue weighted by atomic mass is 35.5. The summed E-state index contributed by atoms with van der Waals surface area (Å²) in [7, 11) is 0. The maximum Gasteiger partial charge on any atom is 0.293 e. The third-order valence-electron chi connectivity index (χ3n) is 4.03. The van der Waals surface area contributed by atoms with Gasteiger partial charge >= 0.3 is 0 Å². The van der Waals surface area contributed by atoms with Crippen molar-refractivity contribution in [2.45, 2.75) is 18.4 Å². The summed E-state index contributed by atoms with van der Waals surface area (Å²) in [5.74, 6) is 3.94. The van der Waals surface area contributed by atoms with Gasteiger partial charge in [-0.3, -0.25) is 0 Å². The van der Waals surface area contributed by atoms with Crippen molar-refractivity contribution in [3.05, 3.63) is 82.6 Å². The summed E-state index contributed by atoms with van der Waals surface area (Å²) in [6, 6.07) is 19.7. The number of halogens is 1. The minimum Gasteiger partial charge on any atom is -0.455 e. The smallest absolute Gasteiger partial charge is 0.293 e. The van der Waals surface area contributed by atoms with Crippen LogP contribution in [0.3, 0.4) is 0 Å². The zero-order valence-electron chi connectivity index (χ0n) is 14.7. The van der Waals surface area contributed by atoms with Crippen molar-refractivity contribution >= 4 is 23.4 Å². The Kier molecular flexibility index (Phi) is 5.32. The second-order valence-electron chi connectivity index (χ2n) is 6.14. The van der Waals surface area contributed by atoms with Crippen LogP contribution in [0.4, 0.5) is 0 Å². The quantitative estimate of drug-likeness (QED) is 0.378. The second kappa shape index (κ2) is 8.03. The second-order valence-corrected chi connectivity index (χ2v) is 7.54. The molecule has 27 heavy (non-hydrogen) atoms. The highest BCUT2D eigenvalue weighted by molar-refractivity contribution is 7.97. The fourth-order valence-corrected chi connectivity index (χ4v) is 3.88. The van der Waals surface area contributed by atoms with Crippen molar-refractivity contribution in [1.29, 1.82) is 0 Å². The molecular formula is C21H17ClN2O2S. The molecule has 0 unspecified atom stereocenters. The fourth-order valence-electron chi connectivity index (χ4n) is 2.67. The number of hydrogen-bond donors (Lipinski definition) is 0. The lowest BCUT2D eigenvalue weighted by Gasteiger charge is -2.02. The summed E-state index contributed by atoms with van der Waals surface area (Å²) in [6.45, 7) is 2.03. The van der Waals surface area contributed by atoms with E-state index in [4.69, 9.17) is 20.5 Å². The Hall–Kier alpha value is -2.50. The van der Waals surface area contributed by atoms with Crippen molar-refractivity contribution in [3.8, 4) is 23.0 Å². The van der Waals surface area contributed by atoms with Crippen LogP contribution >= 0.6 is 23.4 Å². The third kappa shape index (κ3) is 4.26. The average molecular weight is 397 g/mol. The fraction of sp³-hybridized carbons (Fsp3) is 0.143. The molecule has 4 nitrogen and oxygen atoms in total. The Morgan fingerprint density at radius 2 is 1.89 bits per heavy atom. The molecule has 0 radical (unpaired) electrons. The van der Waals surface area contributed by atoms with Crippen LogP contribution in [0.2, 0.25) is 5.02 Å². The topological polar surface area (TPSA) is 52.1 Å². The summed E-state index contributed by atoms with van der Waals surface area (Å²) < 4.78 is 11.2. The van der Waals surface area contributed by atoms with E-state index in [2.05, 4.69) is 10.1 Å². The van der Waals surface area contributed by atoms with Gasteiger partial charge in [-0.15, -0.1) is 11.8 Å². The van der Waals surface area contributed by atoms with Gasteiger partial charge in [-0.2, -0.15) is 4.98 Å². The molecule has 0 spiro atoms. The lowest BCUT2D eigenvalue weighted by Crippen LogP contribution is -1.83. The highest BCUT2D eigenvalue weighted by Crippen LogP contribution is 2.28. The number of thioether (sulfide) groups is 1. The summed E-state index contributed by atoms with van der Waals surface area (Å²) in [4.78, 5) is 4.45. The first-order valence-corrected chi connectivity index (χ1v) is 10.0. The van der Waals surface area contributed by atoms with E-state index in [0.29, 0.717) is 17.5 Å². The number of hydrogen-bond acceptors (Lipinski definition) is 5. The van der Waals surface area contributed by atoms with Crippen molar-refractivity contribution in [2.75, 3.05) is 0 Å². The highest BCUT2D eigenvalue weighted by Gasteiger charge is 2.14. The Bertz CT molecular complexity index is 1060. The van der Waals surface area contributed by atoms with Crippen molar-refractivity contribution in [3.63, 3.8) is 0 Å². The van der Waals surface area contributed by atoms with Gasteiger partial charge in [0.25, 0.3) is 5.89 Å². The molecule has 4 aromatic rings. The van der Waals surface area contributed by atoms with Gasteiger partial charge in [-0.1, -0.05) is 58.7 Å². The van der Waals surface area contributed by atoms with Crippen LogP contribution < -0.4 is 0 Å². The van der Waals surface area contributed by atoms with Gasteiger partial charge in [0, 0.05) is 16.3 Å². The van der Waals surface area contributed by atoms with Crippen molar-refractivity contribution < 1.29 is 8.94 Å². The van der Waals surface area contributed by atoms with E-state index in [1.165, 1.54) is 0 Å². The molecule has 0 N–H and O–H groups in total. The van der Waals surface area contributed by atoms with E-state index in [9.17, 15) is 0 Å². The number of aromatic nitrogens is 2. The molecule has 0 saturated carbocycles. The molecule has 0 aliphatic carbocycles. The van der Waals surface area contributed by atoms with Gasteiger partial charge < -0.3 is 8.94 Å². The van der Waals surface area contributed by atoms with Crippen molar-refractivity contribution in [1.82, 2.24) is 10.1 Å². The van der Waals surface area contributed by atoms with Crippen LogP contribution in [-0.4, -0.2) is 10.1 Å². The van der Waals surface area contributed by atoms with Gasteiger partial charge in [0.05, 0.1) is 5.75 Å². The summed E-state index contributed by atoms with van der Waals surface area (Å²) in [6.07, 6.45) is 0. The molecule has 2 aromatic heterocycles. The van der Waals surface area contributed by atoms with Gasteiger partial charge in [0.15, 0.2) is 5.76 Å². The van der Waals surface area contributed by atoms with Crippen LogP contribution in [0.1, 0.15) is 16.9 Å². The Morgan fingerprint density at radius 1 is 1.00 bits per heavy atom. The van der Waals surface area contributed by atoms with E-state index in [0.717, 1.165) is 39.0 Å². The number of furan rings is 1. The van der Waals surface area contributed by atoms with E-state index >= 15 is 0 Å². The van der Waals surface area contributed by atoms with Gasteiger partial charge in [-0.05, 0) is 36.8 Å². The molecule has 0 saturated heterocycles. The molecule has 2 aromatic carbocycles. The maximum absolute atomic E-state index is 6.19. The normalized spacial score (nSPS) is 11.0. The van der Waals surface area contributed by atoms with Crippen LogP contribution in [0, 0.1) is 6.92 Å². The van der Waals surface area contributed by atoms with Gasteiger partial charge in [-0.25, -0.2) is 0 Å². The standard InChI is InChI=1S/C21H17ClN2O2S/c1-14-5-4-7-15(11-14)20-23-21(26-24-20)19-10-9-17(25-19)13-27-12-16-6-2-3-8-18(16)22/h2-11H,12-13H2,1H3. The molecular weight excluding hydrogens is 380 g/mol. The number of nitrogens with zero attached hydrogens (tertiary/aromatic N) is 2. The molecule has 0 bridgehead atoms. The summed E-state index contributed by atoms with van der Waals surface area (Å²) in [5, 5.41) is 4.85. The predicted octanol–water partition coefficient (Wildman–Crippen LogP) is 6.39. The summed E-state index contributed by atoms with van der Waals surface area (Å²) >= 11 is 7.93. The summed E-state index contributed by atoms with van der Waals surface area (Å²) in [5.41, 5.74) is 3.19. The first kappa shape index (κ1) is 17.9.